The Morgan fingerprint density at radius 2 is 2.19 bits per heavy atom. The van der Waals surface area contributed by atoms with E-state index in [1.165, 1.54) is 13.3 Å². The normalized spacial score (nSPS) is 13.8. The molecule has 90 valence electrons. The smallest absolute Gasteiger partial charge is 0.298 e. The van der Waals surface area contributed by atoms with E-state index in [0.29, 0.717) is 0 Å². The van der Waals surface area contributed by atoms with Crippen LogP contribution in [0.5, 0.6) is 0 Å². The van der Waals surface area contributed by atoms with Gasteiger partial charge in [-0.05, 0) is 5.92 Å². The molecule has 0 amide bonds. The maximum absolute atomic E-state index is 12.1. The summed E-state index contributed by atoms with van der Waals surface area (Å²) in [4.78, 5) is 15.0. The van der Waals surface area contributed by atoms with Crippen LogP contribution in [0.25, 0.3) is 0 Å². The molecule has 1 heterocycles. The molecule has 0 spiro atoms. The summed E-state index contributed by atoms with van der Waals surface area (Å²) in [5, 5.41) is -0.0956. The number of hydrogen-bond acceptors (Lipinski definition) is 2. The highest BCUT2D eigenvalue weighted by atomic mass is 35.5. The second-order valence-corrected chi connectivity index (χ2v) is 4.03. The number of alkyl halides is 3. The quantitative estimate of drug-likeness (QED) is 0.831. The average Bonchev–Trinajstić information content (AvgIpc) is 2.09. The lowest BCUT2D eigenvalue weighted by atomic mass is 10.1. The molecule has 0 radical (unpaired) electrons. The Bertz CT molecular complexity index is 416. The third-order valence-corrected chi connectivity index (χ3v) is 2.21. The predicted octanol–water partition coefficient (Wildman–Crippen LogP) is 2.49. The largest absolute Gasteiger partial charge is 0.389 e. The van der Waals surface area contributed by atoms with Gasteiger partial charge in [-0.3, -0.25) is 9.36 Å². The van der Waals surface area contributed by atoms with Gasteiger partial charge in [-0.15, -0.1) is 0 Å². The Hall–Kier alpha value is -1.04. The highest BCUT2D eigenvalue weighted by molar-refractivity contribution is 6.30. The van der Waals surface area contributed by atoms with Gasteiger partial charge in [0.05, 0.1) is 12.5 Å². The number of nitrogens with zero attached hydrogens (tertiary/aromatic N) is 2. The number of halogens is 4. The average molecular weight is 255 g/mol. The monoisotopic (exact) mass is 254 g/mol. The van der Waals surface area contributed by atoms with Crippen molar-refractivity contribution >= 4 is 11.6 Å². The SMILES string of the molecule is CC(Cn1cncc(Cl)c1=O)CC(F)(F)F. The third kappa shape index (κ3) is 3.84. The standard InChI is InChI=1S/C9H10ClF3N2O/c1-6(2-9(11,12)13)4-15-5-14-3-7(10)8(15)16/h3,5-6H,2,4H2,1H3. The molecule has 3 nitrogen and oxygen atoms in total. The molecule has 0 aromatic carbocycles. The maximum atomic E-state index is 12.1. The van der Waals surface area contributed by atoms with E-state index in [0.717, 1.165) is 10.8 Å². The van der Waals surface area contributed by atoms with Crippen LogP contribution in [-0.4, -0.2) is 15.7 Å². The first-order valence-electron chi connectivity index (χ1n) is 4.56. The maximum Gasteiger partial charge on any atom is 0.389 e. The van der Waals surface area contributed by atoms with Gasteiger partial charge in [-0.25, -0.2) is 4.98 Å². The summed E-state index contributed by atoms with van der Waals surface area (Å²) in [6.45, 7) is 1.37. The Morgan fingerprint density at radius 1 is 1.56 bits per heavy atom. The van der Waals surface area contributed by atoms with Gasteiger partial charge >= 0.3 is 6.18 Å². The fourth-order valence-corrected chi connectivity index (χ4v) is 1.51. The molecule has 1 rings (SSSR count). The van der Waals surface area contributed by atoms with Crippen molar-refractivity contribution in [3.63, 3.8) is 0 Å². The first kappa shape index (κ1) is 13.0. The van der Waals surface area contributed by atoms with Crippen LogP contribution in [-0.2, 0) is 6.54 Å². The predicted molar refractivity (Wildman–Crippen MR) is 53.3 cm³/mol. The van der Waals surface area contributed by atoms with E-state index in [1.807, 2.05) is 0 Å². The second kappa shape index (κ2) is 4.86. The Morgan fingerprint density at radius 3 is 2.75 bits per heavy atom. The molecular formula is C9H10ClF3N2O. The van der Waals surface area contributed by atoms with Crippen LogP contribution >= 0.6 is 11.6 Å². The minimum Gasteiger partial charge on any atom is -0.298 e. The lowest BCUT2D eigenvalue weighted by Gasteiger charge is -2.14. The van der Waals surface area contributed by atoms with Crippen LogP contribution in [0.3, 0.4) is 0 Å². The van der Waals surface area contributed by atoms with E-state index in [1.54, 1.807) is 0 Å². The van der Waals surface area contributed by atoms with E-state index in [2.05, 4.69) is 4.98 Å². The topological polar surface area (TPSA) is 34.9 Å². The van der Waals surface area contributed by atoms with Crippen molar-refractivity contribution in [2.45, 2.75) is 26.1 Å². The zero-order valence-corrected chi connectivity index (χ0v) is 9.22. The molecule has 0 bridgehead atoms. The molecule has 1 unspecified atom stereocenters. The molecule has 0 N–H and O–H groups in total. The summed E-state index contributed by atoms with van der Waals surface area (Å²) >= 11 is 5.51. The Kier molecular flexibility index (Phi) is 3.96. The van der Waals surface area contributed by atoms with Crippen molar-refractivity contribution in [2.75, 3.05) is 0 Å². The molecule has 0 saturated carbocycles. The van der Waals surface area contributed by atoms with E-state index in [-0.39, 0.29) is 11.6 Å². The van der Waals surface area contributed by atoms with Crippen LogP contribution in [0.15, 0.2) is 17.3 Å². The summed E-state index contributed by atoms with van der Waals surface area (Å²) in [5.41, 5.74) is -0.523. The highest BCUT2D eigenvalue weighted by Crippen LogP contribution is 2.25. The zero-order chi connectivity index (χ0) is 12.3. The minimum atomic E-state index is -4.23. The van der Waals surface area contributed by atoms with Crippen LogP contribution in [0.2, 0.25) is 5.02 Å². The van der Waals surface area contributed by atoms with Crippen molar-refractivity contribution in [2.24, 2.45) is 5.92 Å². The molecule has 0 saturated heterocycles. The lowest BCUT2D eigenvalue weighted by Crippen LogP contribution is -2.25. The molecule has 1 atom stereocenters. The number of aromatic nitrogens is 2. The van der Waals surface area contributed by atoms with Crippen LogP contribution in [0, 0.1) is 5.92 Å². The van der Waals surface area contributed by atoms with Crippen molar-refractivity contribution in [1.29, 1.82) is 0 Å². The van der Waals surface area contributed by atoms with E-state index < -0.39 is 24.1 Å². The third-order valence-electron chi connectivity index (χ3n) is 1.95. The lowest BCUT2D eigenvalue weighted by molar-refractivity contribution is -0.144. The molecule has 0 fully saturated rings. The molecule has 7 heteroatoms. The first-order chi connectivity index (χ1) is 7.29. The van der Waals surface area contributed by atoms with E-state index in [9.17, 15) is 18.0 Å². The first-order valence-corrected chi connectivity index (χ1v) is 4.94. The van der Waals surface area contributed by atoms with Gasteiger partial charge in [-0.2, -0.15) is 13.2 Å². The van der Waals surface area contributed by atoms with Crippen molar-refractivity contribution in [3.8, 4) is 0 Å². The summed E-state index contributed by atoms with van der Waals surface area (Å²) in [7, 11) is 0. The summed E-state index contributed by atoms with van der Waals surface area (Å²) in [6.07, 6.45) is -2.82. The highest BCUT2D eigenvalue weighted by Gasteiger charge is 2.30. The van der Waals surface area contributed by atoms with Crippen molar-refractivity contribution in [1.82, 2.24) is 9.55 Å². The van der Waals surface area contributed by atoms with Gasteiger partial charge in [0.2, 0.25) is 0 Å². The summed E-state index contributed by atoms with van der Waals surface area (Å²) < 4.78 is 37.3. The van der Waals surface area contributed by atoms with Crippen LogP contribution in [0.4, 0.5) is 13.2 Å². The molecule has 16 heavy (non-hydrogen) atoms. The molecular weight excluding hydrogens is 245 g/mol. The molecule has 1 aromatic rings. The molecule has 1 aromatic heterocycles. The minimum absolute atomic E-state index is 0.0497. The van der Waals surface area contributed by atoms with Gasteiger partial charge in [0, 0.05) is 13.0 Å². The zero-order valence-electron chi connectivity index (χ0n) is 8.46. The van der Waals surface area contributed by atoms with Gasteiger partial charge in [-0.1, -0.05) is 18.5 Å². The Labute approximate surface area is 94.9 Å². The molecule has 0 aliphatic carbocycles. The van der Waals surface area contributed by atoms with Gasteiger partial charge in [0.25, 0.3) is 5.56 Å². The van der Waals surface area contributed by atoms with Crippen LogP contribution in [0.1, 0.15) is 13.3 Å². The van der Waals surface area contributed by atoms with Crippen molar-refractivity contribution < 1.29 is 13.2 Å². The molecule has 0 aliphatic rings. The molecule has 0 aliphatic heterocycles. The number of rotatable bonds is 3. The Balaban J connectivity index is 2.74. The fraction of sp³-hybridized carbons (Fsp3) is 0.556. The fourth-order valence-electron chi connectivity index (χ4n) is 1.35. The van der Waals surface area contributed by atoms with Gasteiger partial charge in [0.15, 0.2) is 0 Å². The van der Waals surface area contributed by atoms with E-state index >= 15 is 0 Å². The van der Waals surface area contributed by atoms with Crippen LogP contribution < -0.4 is 5.56 Å². The summed E-state index contributed by atoms with van der Waals surface area (Å²) in [6, 6.07) is 0. The number of hydrogen-bond donors (Lipinski definition) is 0. The second-order valence-electron chi connectivity index (χ2n) is 3.62. The van der Waals surface area contributed by atoms with Crippen molar-refractivity contribution in [3.05, 3.63) is 27.9 Å². The van der Waals surface area contributed by atoms with Gasteiger partial charge < -0.3 is 0 Å². The van der Waals surface area contributed by atoms with Gasteiger partial charge in [0.1, 0.15) is 5.02 Å². The van der Waals surface area contributed by atoms with E-state index in [4.69, 9.17) is 11.6 Å². The summed E-state index contributed by atoms with van der Waals surface area (Å²) in [5.74, 6) is -0.696.